The molecule has 0 radical (unpaired) electrons. The van der Waals surface area contributed by atoms with Gasteiger partial charge in [-0.15, -0.1) is 0 Å². The Morgan fingerprint density at radius 1 is 1.10 bits per heavy atom. The Morgan fingerprint density at radius 2 is 1.85 bits per heavy atom. The van der Waals surface area contributed by atoms with Crippen LogP contribution in [0, 0.1) is 0 Å². The molecule has 0 fully saturated rings. The second-order valence-electron chi connectivity index (χ2n) is 5.16. The molecule has 2 nitrogen and oxygen atoms in total. The van der Waals surface area contributed by atoms with Crippen LogP contribution in [0.15, 0.2) is 71.9 Å². The third kappa shape index (κ3) is 1.48. The highest BCUT2D eigenvalue weighted by molar-refractivity contribution is 6.10. The first-order chi connectivity index (χ1) is 9.74. The zero-order valence-corrected chi connectivity index (χ0v) is 11.3. The lowest BCUT2D eigenvalue weighted by Crippen LogP contribution is -2.28. The molecule has 0 aromatic heterocycles. The maximum Gasteiger partial charge on any atom is 0.140 e. The van der Waals surface area contributed by atoms with Gasteiger partial charge in [-0.1, -0.05) is 36.9 Å². The molecule has 2 aliphatic heterocycles. The molecule has 4 rings (SSSR count). The lowest BCUT2D eigenvalue weighted by molar-refractivity contribution is 0.774. The van der Waals surface area contributed by atoms with Crippen LogP contribution in [0.25, 0.3) is 16.5 Å². The predicted molar refractivity (Wildman–Crippen MR) is 84.8 cm³/mol. The second kappa shape index (κ2) is 3.94. The van der Waals surface area contributed by atoms with E-state index in [4.69, 9.17) is 4.99 Å². The summed E-state index contributed by atoms with van der Waals surface area (Å²) >= 11 is 0. The highest BCUT2D eigenvalue weighted by atomic mass is 15.2. The summed E-state index contributed by atoms with van der Waals surface area (Å²) in [5.41, 5.74) is 4.25. The largest absolute Gasteiger partial charge is 0.302 e. The van der Waals surface area contributed by atoms with E-state index in [1.807, 2.05) is 12.3 Å². The second-order valence-corrected chi connectivity index (χ2v) is 5.16. The van der Waals surface area contributed by atoms with E-state index in [2.05, 4.69) is 60.9 Å². The van der Waals surface area contributed by atoms with Crippen molar-refractivity contribution in [1.29, 1.82) is 0 Å². The number of hydrogen-bond donors (Lipinski definition) is 0. The van der Waals surface area contributed by atoms with Gasteiger partial charge in [-0.05, 0) is 41.5 Å². The minimum atomic E-state index is 0.972. The van der Waals surface area contributed by atoms with Crippen molar-refractivity contribution in [3.05, 3.63) is 72.5 Å². The quantitative estimate of drug-likeness (QED) is 0.672. The zero-order valence-electron chi connectivity index (χ0n) is 11.3. The van der Waals surface area contributed by atoms with Gasteiger partial charge < -0.3 is 4.90 Å². The van der Waals surface area contributed by atoms with Gasteiger partial charge in [0.15, 0.2) is 0 Å². The van der Waals surface area contributed by atoms with Crippen LogP contribution >= 0.6 is 0 Å². The highest BCUT2D eigenvalue weighted by Gasteiger charge is 2.24. The summed E-state index contributed by atoms with van der Waals surface area (Å²) in [5.74, 6) is 0.972. The molecule has 2 heterocycles. The summed E-state index contributed by atoms with van der Waals surface area (Å²) in [6.07, 6.45) is 6.13. The van der Waals surface area contributed by atoms with Crippen LogP contribution in [-0.4, -0.2) is 10.7 Å². The normalized spacial score (nSPS) is 16.6. The lowest BCUT2D eigenvalue weighted by atomic mass is 9.99. The number of hydrogen-bond acceptors (Lipinski definition) is 2. The molecule has 0 N–H and O–H groups in total. The first-order valence-corrected chi connectivity index (χ1v) is 6.69. The molecule has 0 amide bonds. The Labute approximate surface area is 118 Å². The number of benzene rings is 2. The Hall–Kier alpha value is -2.61. The standard InChI is InChI=1S/C18H14N2/c1-12-6-5-9-20-13(2)16-10-14-7-3-4-8-15(14)11-17(16)19-18(12)20/h3-11H,2H2,1H3. The van der Waals surface area contributed by atoms with Crippen LogP contribution in [0.5, 0.6) is 0 Å². The summed E-state index contributed by atoms with van der Waals surface area (Å²) < 4.78 is 0. The van der Waals surface area contributed by atoms with Crippen molar-refractivity contribution in [3.63, 3.8) is 0 Å². The minimum Gasteiger partial charge on any atom is -0.302 e. The van der Waals surface area contributed by atoms with Gasteiger partial charge in [-0.2, -0.15) is 0 Å². The predicted octanol–water partition coefficient (Wildman–Crippen LogP) is 4.63. The fourth-order valence-corrected chi connectivity index (χ4v) is 2.76. The van der Waals surface area contributed by atoms with E-state index in [-0.39, 0.29) is 0 Å². The molecule has 0 aliphatic carbocycles. The fraction of sp³-hybridized carbons (Fsp3) is 0.0556. The first kappa shape index (κ1) is 11.2. The number of nitrogens with zero attached hydrogens (tertiary/aromatic N) is 2. The number of rotatable bonds is 0. The zero-order chi connectivity index (χ0) is 13.7. The van der Waals surface area contributed by atoms with Gasteiger partial charge in [0.2, 0.25) is 0 Å². The summed E-state index contributed by atoms with van der Waals surface area (Å²) in [4.78, 5) is 6.87. The van der Waals surface area contributed by atoms with Crippen LogP contribution in [-0.2, 0) is 0 Å². The SMILES string of the molecule is C=C1c2cc3ccccc3cc2N=C2C(C)=CC=CN12. The molecular weight excluding hydrogens is 244 g/mol. The van der Waals surface area contributed by atoms with Crippen molar-refractivity contribution >= 4 is 28.0 Å². The Kier molecular flexibility index (Phi) is 2.21. The van der Waals surface area contributed by atoms with E-state index in [0.29, 0.717) is 0 Å². The van der Waals surface area contributed by atoms with Gasteiger partial charge in [-0.3, -0.25) is 0 Å². The summed E-state index contributed by atoms with van der Waals surface area (Å²) in [6, 6.07) is 12.7. The molecule has 96 valence electrons. The third-order valence-electron chi connectivity index (χ3n) is 3.85. The monoisotopic (exact) mass is 258 g/mol. The van der Waals surface area contributed by atoms with Crippen molar-refractivity contribution in [1.82, 2.24) is 4.90 Å². The molecule has 0 bridgehead atoms. The van der Waals surface area contributed by atoms with E-state index in [9.17, 15) is 0 Å². The Balaban J connectivity index is 2.02. The molecule has 20 heavy (non-hydrogen) atoms. The molecule has 0 saturated carbocycles. The van der Waals surface area contributed by atoms with Gasteiger partial charge in [-0.25, -0.2) is 4.99 Å². The van der Waals surface area contributed by atoms with Crippen molar-refractivity contribution in [2.75, 3.05) is 0 Å². The van der Waals surface area contributed by atoms with Gasteiger partial charge >= 0.3 is 0 Å². The van der Waals surface area contributed by atoms with Crippen LogP contribution in [0.1, 0.15) is 12.5 Å². The number of amidine groups is 1. The van der Waals surface area contributed by atoms with Crippen LogP contribution < -0.4 is 0 Å². The molecule has 2 aromatic rings. The molecule has 2 aromatic carbocycles. The van der Waals surface area contributed by atoms with E-state index in [1.165, 1.54) is 10.8 Å². The fourth-order valence-electron chi connectivity index (χ4n) is 2.76. The van der Waals surface area contributed by atoms with Gasteiger partial charge in [0, 0.05) is 17.5 Å². The van der Waals surface area contributed by atoms with Gasteiger partial charge in [0.1, 0.15) is 5.84 Å². The maximum absolute atomic E-state index is 4.81. The molecule has 2 heteroatoms. The van der Waals surface area contributed by atoms with E-state index < -0.39 is 0 Å². The maximum atomic E-state index is 4.81. The Morgan fingerprint density at radius 3 is 2.65 bits per heavy atom. The molecule has 0 spiro atoms. The van der Waals surface area contributed by atoms with Crippen LogP contribution in [0.3, 0.4) is 0 Å². The van der Waals surface area contributed by atoms with Crippen molar-refractivity contribution in [2.24, 2.45) is 4.99 Å². The summed E-state index contributed by atoms with van der Waals surface area (Å²) in [7, 11) is 0. The number of aliphatic imine (C=N–C) groups is 1. The number of allylic oxidation sites excluding steroid dienone is 2. The summed E-state index contributed by atoms with van der Waals surface area (Å²) in [6.45, 7) is 6.33. The summed E-state index contributed by atoms with van der Waals surface area (Å²) in [5, 5.41) is 2.43. The van der Waals surface area contributed by atoms with Crippen molar-refractivity contribution in [3.8, 4) is 0 Å². The molecule has 0 unspecified atom stereocenters. The van der Waals surface area contributed by atoms with E-state index in [0.717, 1.165) is 28.4 Å². The molecule has 0 atom stereocenters. The average Bonchev–Trinajstić information content (AvgIpc) is 2.47. The Bertz CT molecular complexity index is 838. The number of fused-ring (bicyclic) bond motifs is 3. The van der Waals surface area contributed by atoms with E-state index in [1.54, 1.807) is 0 Å². The highest BCUT2D eigenvalue weighted by Crippen LogP contribution is 2.38. The topological polar surface area (TPSA) is 15.6 Å². The third-order valence-corrected chi connectivity index (χ3v) is 3.85. The first-order valence-electron chi connectivity index (χ1n) is 6.69. The van der Waals surface area contributed by atoms with Crippen LogP contribution in [0.4, 0.5) is 5.69 Å². The molecule has 2 aliphatic rings. The minimum absolute atomic E-state index is 0.972. The van der Waals surface area contributed by atoms with Crippen LogP contribution in [0.2, 0.25) is 0 Å². The van der Waals surface area contributed by atoms with E-state index >= 15 is 0 Å². The molecule has 0 saturated heterocycles. The van der Waals surface area contributed by atoms with Gasteiger partial charge in [0.05, 0.1) is 5.69 Å². The molecular formula is C18H14N2. The smallest absolute Gasteiger partial charge is 0.140 e. The average molecular weight is 258 g/mol. The van der Waals surface area contributed by atoms with Gasteiger partial charge in [0.25, 0.3) is 0 Å². The van der Waals surface area contributed by atoms with Crippen molar-refractivity contribution < 1.29 is 0 Å². The van der Waals surface area contributed by atoms with Crippen molar-refractivity contribution in [2.45, 2.75) is 6.92 Å². The lowest BCUT2D eigenvalue weighted by Gasteiger charge is -2.31.